The van der Waals surface area contributed by atoms with Gasteiger partial charge in [0, 0.05) is 0 Å². The van der Waals surface area contributed by atoms with Crippen molar-refractivity contribution in [3.63, 3.8) is 0 Å². The second-order valence-corrected chi connectivity index (χ2v) is 2.16. The minimum atomic E-state index is 1.34. The van der Waals surface area contributed by atoms with Crippen LogP contribution in [-0.2, 0) is 0 Å². The summed E-state index contributed by atoms with van der Waals surface area (Å²) in [6.07, 6.45) is 0. The fourth-order valence-electron chi connectivity index (χ4n) is 0.807. The topological polar surface area (TPSA) is 0 Å². The average molecular weight is 196 g/mol. The van der Waals surface area contributed by atoms with Crippen molar-refractivity contribution >= 4 is 0 Å². The zero-order chi connectivity index (χ0) is 12.0. The third-order valence-corrected chi connectivity index (χ3v) is 1.17. The molecule has 0 N–H and O–H groups in total. The molecule has 84 valence electrons. The Labute approximate surface area is 91.4 Å². The normalized spacial score (nSPS) is 6.57. The van der Waals surface area contributed by atoms with Crippen molar-refractivity contribution in [2.75, 3.05) is 0 Å². The van der Waals surface area contributed by atoms with Gasteiger partial charge < -0.3 is 0 Å². The van der Waals surface area contributed by atoms with Gasteiger partial charge in [0.2, 0.25) is 0 Å². The van der Waals surface area contributed by atoms with Crippen molar-refractivity contribution < 1.29 is 0 Å². The van der Waals surface area contributed by atoms with E-state index >= 15 is 0 Å². The zero-order valence-corrected chi connectivity index (χ0v) is 11.3. The van der Waals surface area contributed by atoms with E-state index in [0.29, 0.717) is 0 Å². The van der Waals surface area contributed by atoms with Crippen molar-refractivity contribution in [2.45, 2.75) is 55.4 Å². The van der Waals surface area contributed by atoms with Gasteiger partial charge in [-0.3, -0.25) is 0 Å². The highest BCUT2D eigenvalue weighted by molar-refractivity contribution is 5.20. The quantitative estimate of drug-likeness (QED) is 0.522. The van der Waals surface area contributed by atoms with E-state index in [0.717, 1.165) is 0 Å². The summed E-state index contributed by atoms with van der Waals surface area (Å²) in [5.41, 5.74) is 2.68. The minimum absolute atomic E-state index is 1.34. The molecule has 1 rings (SSSR count). The first-order chi connectivity index (χ1) is 6.79. The van der Waals surface area contributed by atoms with E-state index in [4.69, 9.17) is 0 Å². The Kier molecular flexibility index (Phi) is 24.4. The number of rotatable bonds is 0. The van der Waals surface area contributed by atoms with Gasteiger partial charge >= 0.3 is 0 Å². The van der Waals surface area contributed by atoms with Crippen LogP contribution in [0, 0.1) is 13.8 Å². The molecule has 0 aliphatic rings. The van der Waals surface area contributed by atoms with Gasteiger partial charge in [-0.25, -0.2) is 0 Å². The van der Waals surface area contributed by atoms with Gasteiger partial charge in [0.1, 0.15) is 0 Å². The van der Waals surface area contributed by atoms with E-state index in [-0.39, 0.29) is 0 Å². The Hall–Kier alpha value is -0.780. The fourth-order valence-corrected chi connectivity index (χ4v) is 0.807. The summed E-state index contributed by atoms with van der Waals surface area (Å²) in [5.74, 6) is 0. The van der Waals surface area contributed by atoms with Crippen LogP contribution in [0.5, 0.6) is 0 Å². The van der Waals surface area contributed by atoms with Crippen LogP contribution in [0.4, 0.5) is 0 Å². The smallest absolute Gasteiger partial charge is 0.0398 e. The maximum Gasteiger partial charge on any atom is -0.0398 e. The monoisotopic (exact) mass is 196 g/mol. The molecule has 0 fully saturated rings. The van der Waals surface area contributed by atoms with E-state index < -0.39 is 0 Å². The molecule has 0 nitrogen and oxygen atoms in total. The summed E-state index contributed by atoms with van der Waals surface area (Å²) in [6.45, 7) is 16.2. The fraction of sp³-hybridized carbons (Fsp3) is 0.571. The first-order valence-corrected chi connectivity index (χ1v) is 5.82. The van der Waals surface area contributed by atoms with Gasteiger partial charge in [-0.2, -0.15) is 0 Å². The molecule has 0 saturated heterocycles. The Morgan fingerprint density at radius 3 is 1.07 bits per heavy atom. The molecule has 0 amide bonds. The molecule has 0 aromatic heterocycles. The van der Waals surface area contributed by atoms with Crippen molar-refractivity contribution in [2.24, 2.45) is 0 Å². The van der Waals surface area contributed by atoms with Crippen LogP contribution in [0.3, 0.4) is 0 Å². The van der Waals surface area contributed by atoms with E-state index in [1.807, 2.05) is 41.5 Å². The molecule has 0 heterocycles. The minimum Gasteiger partial charge on any atom is -0.0683 e. The number of aryl methyl sites for hydroxylation is 2. The van der Waals surface area contributed by atoms with E-state index in [1.54, 1.807) is 0 Å². The van der Waals surface area contributed by atoms with Crippen LogP contribution in [0.25, 0.3) is 0 Å². The summed E-state index contributed by atoms with van der Waals surface area (Å²) >= 11 is 0. The van der Waals surface area contributed by atoms with Crippen molar-refractivity contribution in [1.82, 2.24) is 0 Å². The number of benzene rings is 1. The second-order valence-electron chi connectivity index (χ2n) is 2.16. The predicted octanol–water partition coefficient (Wildman–Crippen LogP) is 5.38. The molecule has 0 radical (unpaired) electrons. The van der Waals surface area contributed by atoms with Gasteiger partial charge in [0.25, 0.3) is 0 Å². The Bertz CT molecular complexity index is 160. The molecule has 14 heavy (non-hydrogen) atoms. The third-order valence-electron chi connectivity index (χ3n) is 1.17. The molecule has 0 saturated carbocycles. The van der Waals surface area contributed by atoms with E-state index in [9.17, 15) is 0 Å². The van der Waals surface area contributed by atoms with Crippen LogP contribution in [0.15, 0.2) is 24.3 Å². The molecular formula is C14H28. The van der Waals surface area contributed by atoms with Crippen molar-refractivity contribution in [1.29, 1.82) is 0 Å². The van der Waals surface area contributed by atoms with Crippen LogP contribution < -0.4 is 0 Å². The van der Waals surface area contributed by atoms with Gasteiger partial charge in [-0.15, -0.1) is 0 Å². The highest BCUT2D eigenvalue weighted by Gasteiger charge is 1.80. The van der Waals surface area contributed by atoms with E-state index in [1.165, 1.54) is 11.1 Å². The lowest BCUT2D eigenvalue weighted by Gasteiger charge is -1.90. The molecule has 0 aliphatic carbocycles. The van der Waals surface area contributed by atoms with Gasteiger partial charge in [-0.05, 0) is 13.8 Å². The number of hydrogen-bond donors (Lipinski definition) is 0. The predicted molar refractivity (Wildman–Crippen MR) is 70.0 cm³/mol. The lowest BCUT2D eigenvalue weighted by molar-refractivity contribution is 1.39. The summed E-state index contributed by atoms with van der Waals surface area (Å²) in [4.78, 5) is 0. The van der Waals surface area contributed by atoms with Crippen LogP contribution in [0.2, 0.25) is 0 Å². The Morgan fingerprint density at radius 1 is 0.643 bits per heavy atom. The molecule has 0 unspecified atom stereocenters. The third kappa shape index (κ3) is 13.8. The molecule has 0 heteroatoms. The summed E-state index contributed by atoms with van der Waals surface area (Å²) in [5, 5.41) is 0. The summed E-state index contributed by atoms with van der Waals surface area (Å²) in [7, 11) is 0. The van der Waals surface area contributed by atoms with Crippen molar-refractivity contribution in [3.05, 3.63) is 35.4 Å². The largest absolute Gasteiger partial charge is 0.0683 e. The molecule has 1 aromatic rings. The van der Waals surface area contributed by atoms with Gasteiger partial charge in [-0.1, -0.05) is 76.9 Å². The standard InChI is InChI=1S/C8H10.3C2H6/c1-7-4-3-5-8(2)6-7;3*1-2/h3-6H,1-2H3;3*1-2H3. The summed E-state index contributed by atoms with van der Waals surface area (Å²) < 4.78 is 0. The first kappa shape index (κ1) is 18.9. The molecule has 0 bridgehead atoms. The lowest BCUT2D eigenvalue weighted by Crippen LogP contribution is -1.71. The molecule has 0 spiro atoms. The van der Waals surface area contributed by atoms with Gasteiger partial charge in [0.15, 0.2) is 0 Å². The molecule has 0 atom stereocenters. The highest BCUT2D eigenvalue weighted by Crippen LogP contribution is 2.00. The highest BCUT2D eigenvalue weighted by atomic mass is 13.9. The second kappa shape index (κ2) is 18.1. The Morgan fingerprint density at radius 2 is 0.929 bits per heavy atom. The first-order valence-electron chi connectivity index (χ1n) is 5.82. The molecular weight excluding hydrogens is 168 g/mol. The lowest BCUT2D eigenvalue weighted by atomic mass is 10.2. The Balaban J connectivity index is -0.000000174. The molecule has 1 aromatic carbocycles. The molecule has 0 aliphatic heterocycles. The van der Waals surface area contributed by atoms with Gasteiger partial charge in [0.05, 0.1) is 0 Å². The van der Waals surface area contributed by atoms with Crippen molar-refractivity contribution in [3.8, 4) is 0 Å². The average Bonchev–Trinajstić information content (AvgIpc) is 2.26. The van der Waals surface area contributed by atoms with Crippen LogP contribution in [0.1, 0.15) is 52.7 Å². The maximum absolute atomic E-state index is 2.17. The van der Waals surface area contributed by atoms with Crippen LogP contribution in [-0.4, -0.2) is 0 Å². The maximum atomic E-state index is 2.17. The van der Waals surface area contributed by atoms with Crippen LogP contribution >= 0.6 is 0 Å². The zero-order valence-electron chi connectivity index (χ0n) is 11.3. The van der Waals surface area contributed by atoms with E-state index in [2.05, 4.69) is 38.1 Å². The summed E-state index contributed by atoms with van der Waals surface area (Å²) in [6, 6.07) is 8.45. The number of hydrogen-bond acceptors (Lipinski definition) is 0. The SMILES string of the molecule is CC.CC.CC.Cc1cccc(C)c1.